The molecule has 8 heteroatoms. The molecule has 2 aromatic carbocycles. The number of carbonyl (C=O) groups is 3. The Morgan fingerprint density at radius 1 is 0.721 bits per heavy atom. The number of benzene rings is 2. The first kappa shape index (κ1) is 32.8. The molecular weight excluding hydrogens is 548 g/mol. The maximum atomic E-state index is 13.2. The number of esters is 3. The van der Waals surface area contributed by atoms with Gasteiger partial charge in [0.15, 0.2) is 0 Å². The molecule has 0 aliphatic heterocycles. The van der Waals surface area contributed by atoms with Gasteiger partial charge in [-0.25, -0.2) is 19.2 Å². The maximum absolute atomic E-state index is 13.2. The van der Waals surface area contributed by atoms with E-state index in [9.17, 15) is 19.2 Å². The molecule has 0 aliphatic carbocycles. The Morgan fingerprint density at radius 3 is 1.84 bits per heavy atom. The number of rotatable bonds is 15. The lowest BCUT2D eigenvalue weighted by molar-refractivity contribution is -0.139. The number of aryl methyl sites for hydroxylation is 2. The van der Waals surface area contributed by atoms with Gasteiger partial charge in [-0.1, -0.05) is 44.0 Å². The molecule has 1 heterocycles. The number of carbonyl (C=O) groups excluding carboxylic acids is 3. The molecule has 1 aromatic heterocycles. The van der Waals surface area contributed by atoms with Crippen LogP contribution in [0.2, 0.25) is 0 Å². The van der Waals surface area contributed by atoms with Crippen LogP contribution in [-0.2, 0) is 36.7 Å². The Kier molecular flexibility index (Phi) is 11.8. The number of hydrogen-bond acceptors (Lipinski definition) is 8. The Bertz CT molecular complexity index is 1590. The van der Waals surface area contributed by atoms with Crippen molar-refractivity contribution in [1.82, 2.24) is 0 Å². The minimum Gasteiger partial charge on any atom is -0.462 e. The number of hydrogen-bond donors (Lipinski definition) is 0. The molecule has 43 heavy (non-hydrogen) atoms. The standard InChI is InChI=1S/C35H38O8/c1-22(2)32(36)40-19-9-7-11-25-13-14-27-21-30(26-15-17-28(18-16-26)42-34(38)24(5)6)35(39)43-31(27)29(25)12-8-10-20-41-33(37)23(3)4/h13-18,21H,1,3,5,7-12,19-20H2,2,4,6H3. The van der Waals surface area contributed by atoms with Crippen molar-refractivity contribution in [3.63, 3.8) is 0 Å². The summed E-state index contributed by atoms with van der Waals surface area (Å²) in [6.07, 6.45) is 4.11. The van der Waals surface area contributed by atoms with Crippen molar-refractivity contribution in [3.8, 4) is 16.9 Å². The van der Waals surface area contributed by atoms with Crippen LogP contribution in [0.15, 0.2) is 88.1 Å². The lowest BCUT2D eigenvalue weighted by atomic mass is 9.94. The highest BCUT2D eigenvalue weighted by Gasteiger charge is 2.15. The number of ether oxygens (including phenoxy) is 3. The molecule has 0 radical (unpaired) electrons. The fourth-order valence-corrected chi connectivity index (χ4v) is 4.29. The van der Waals surface area contributed by atoms with Crippen molar-refractivity contribution in [3.05, 3.63) is 100 Å². The van der Waals surface area contributed by atoms with Crippen LogP contribution in [0, 0.1) is 0 Å². The molecule has 0 unspecified atom stereocenters. The monoisotopic (exact) mass is 586 g/mol. The summed E-state index contributed by atoms with van der Waals surface area (Å²) in [5.74, 6) is -1.00. The van der Waals surface area contributed by atoms with Crippen molar-refractivity contribution in [2.75, 3.05) is 13.2 Å². The summed E-state index contributed by atoms with van der Waals surface area (Å²) in [4.78, 5) is 48.4. The second kappa shape index (κ2) is 15.5. The Balaban J connectivity index is 1.83. The minimum atomic E-state index is -0.525. The molecule has 3 rings (SSSR count). The van der Waals surface area contributed by atoms with E-state index in [4.69, 9.17) is 18.6 Å². The van der Waals surface area contributed by atoms with Crippen LogP contribution in [0.1, 0.15) is 57.6 Å². The van der Waals surface area contributed by atoms with Gasteiger partial charge in [0.1, 0.15) is 11.3 Å². The zero-order valence-electron chi connectivity index (χ0n) is 25.1. The van der Waals surface area contributed by atoms with Gasteiger partial charge in [0.25, 0.3) is 0 Å². The Hall–Kier alpha value is -4.72. The van der Waals surface area contributed by atoms with Crippen molar-refractivity contribution in [2.24, 2.45) is 0 Å². The van der Waals surface area contributed by atoms with E-state index in [0.717, 1.165) is 22.9 Å². The first-order valence-corrected chi connectivity index (χ1v) is 14.2. The third-order valence-corrected chi connectivity index (χ3v) is 6.65. The van der Waals surface area contributed by atoms with E-state index >= 15 is 0 Å². The fourth-order valence-electron chi connectivity index (χ4n) is 4.29. The van der Waals surface area contributed by atoms with Gasteiger partial charge in [0.05, 0.1) is 18.8 Å². The molecular formula is C35H38O8. The van der Waals surface area contributed by atoms with Crippen LogP contribution in [0.3, 0.4) is 0 Å². The zero-order valence-corrected chi connectivity index (χ0v) is 25.1. The van der Waals surface area contributed by atoms with Gasteiger partial charge in [0.2, 0.25) is 0 Å². The highest BCUT2D eigenvalue weighted by molar-refractivity contribution is 5.89. The molecule has 3 aromatic rings. The van der Waals surface area contributed by atoms with Crippen molar-refractivity contribution < 1.29 is 33.0 Å². The van der Waals surface area contributed by atoms with Crippen molar-refractivity contribution in [1.29, 1.82) is 0 Å². The smallest absolute Gasteiger partial charge is 0.344 e. The van der Waals surface area contributed by atoms with Gasteiger partial charge in [0, 0.05) is 22.1 Å². The summed E-state index contributed by atoms with van der Waals surface area (Å²) in [7, 11) is 0. The van der Waals surface area contributed by atoms with E-state index in [1.165, 1.54) is 0 Å². The maximum Gasteiger partial charge on any atom is 0.344 e. The molecule has 0 fully saturated rings. The van der Waals surface area contributed by atoms with Gasteiger partial charge in [-0.3, -0.25) is 0 Å². The molecule has 0 amide bonds. The zero-order chi connectivity index (χ0) is 31.5. The summed E-state index contributed by atoms with van der Waals surface area (Å²) in [5.41, 5.74) is 4.01. The summed E-state index contributed by atoms with van der Waals surface area (Å²) in [6.45, 7) is 16.1. The van der Waals surface area contributed by atoms with E-state index < -0.39 is 23.5 Å². The first-order valence-electron chi connectivity index (χ1n) is 14.2. The van der Waals surface area contributed by atoms with Crippen LogP contribution < -0.4 is 10.4 Å². The number of unbranched alkanes of at least 4 members (excludes halogenated alkanes) is 2. The summed E-state index contributed by atoms with van der Waals surface area (Å²) in [6, 6.07) is 12.4. The van der Waals surface area contributed by atoms with E-state index in [-0.39, 0.29) is 12.2 Å². The molecule has 0 aliphatic rings. The van der Waals surface area contributed by atoms with Crippen molar-refractivity contribution >= 4 is 28.9 Å². The average Bonchev–Trinajstić information content (AvgIpc) is 2.97. The normalized spacial score (nSPS) is 10.7. The van der Waals surface area contributed by atoms with Crippen molar-refractivity contribution in [2.45, 2.75) is 59.3 Å². The third kappa shape index (κ3) is 9.39. The molecule has 226 valence electrons. The molecule has 0 spiro atoms. The van der Waals surface area contributed by atoms with Crippen LogP contribution in [-0.4, -0.2) is 31.1 Å². The molecule has 8 nitrogen and oxygen atoms in total. The van der Waals surface area contributed by atoms with Gasteiger partial charge < -0.3 is 18.6 Å². The van der Waals surface area contributed by atoms with E-state index in [1.54, 1.807) is 51.1 Å². The van der Waals surface area contributed by atoms with Crippen LogP contribution in [0.25, 0.3) is 22.1 Å². The van der Waals surface area contributed by atoms with Gasteiger partial charge in [-0.15, -0.1) is 0 Å². The predicted molar refractivity (Wildman–Crippen MR) is 166 cm³/mol. The Labute approximate surface area is 251 Å². The fraction of sp³-hybridized carbons (Fsp3) is 0.314. The highest BCUT2D eigenvalue weighted by atomic mass is 16.5. The van der Waals surface area contributed by atoms with E-state index in [0.29, 0.717) is 72.3 Å². The lowest BCUT2D eigenvalue weighted by Gasteiger charge is -2.14. The summed E-state index contributed by atoms with van der Waals surface area (Å²) >= 11 is 0. The second-order valence-corrected chi connectivity index (χ2v) is 10.5. The van der Waals surface area contributed by atoms with Crippen LogP contribution in [0.5, 0.6) is 5.75 Å². The van der Waals surface area contributed by atoms with Gasteiger partial charge >= 0.3 is 23.5 Å². The van der Waals surface area contributed by atoms with E-state index in [1.807, 2.05) is 12.1 Å². The molecule has 0 atom stereocenters. The largest absolute Gasteiger partial charge is 0.462 e. The summed E-state index contributed by atoms with van der Waals surface area (Å²) < 4.78 is 21.6. The molecule has 0 saturated heterocycles. The minimum absolute atomic E-state index is 0.269. The molecule has 0 bridgehead atoms. The highest BCUT2D eigenvalue weighted by Crippen LogP contribution is 2.29. The van der Waals surface area contributed by atoms with Gasteiger partial charge in [-0.2, -0.15) is 0 Å². The van der Waals surface area contributed by atoms with Gasteiger partial charge in [-0.05, 0) is 94.2 Å². The predicted octanol–water partition coefficient (Wildman–Crippen LogP) is 6.83. The number of fused-ring (bicyclic) bond motifs is 1. The quantitative estimate of drug-likeness (QED) is 0.0627. The van der Waals surface area contributed by atoms with E-state index in [2.05, 4.69) is 19.7 Å². The average molecular weight is 587 g/mol. The Morgan fingerprint density at radius 2 is 1.28 bits per heavy atom. The molecule has 0 saturated carbocycles. The van der Waals surface area contributed by atoms with Crippen LogP contribution in [0.4, 0.5) is 0 Å². The second-order valence-electron chi connectivity index (χ2n) is 10.5. The SMILES string of the molecule is C=C(C)C(=O)OCCCCc1ccc2cc(-c3ccc(OC(=O)C(=C)C)cc3)c(=O)oc2c1CCCCOC(=O)C(=C)C. The van der Waals surface area contributed by atoms with Crippen LogP contribution >= 0.6 is 0 Å². The molecule has 0 N–H and O–H groups in total. The third-order valence-electron chi connectivity index (χ3n) is 6.65. The topological polar surface area (TPSA) is 109 Å². The summed E-state index contributed by atoms with van der Waals surface area (Å²) in [5, 5.41) is 0.773. The lowest BCUT2D eigenvalue weighted by Crippen LogP contribution is -2.09. The first-order chi connectivity index (χ1) is 20.5.